The van der Waals surface area contributed by atoms with Crippen LogP contribution in [0.2, 0.25) is 0 Å². The average molecular weight is 257 g/mol. The zero-order chi connectivity index (χ0) is 13.8. The van der Waals surface area contributed by atoms with Gasteiger partial charge in [-0.3, -0.25) is 0 Å². The average Bonchev–Trinajstić information content (AvgIpc) is 2.78. The number of hydrogen-bond donors (Lipinski definition) is 1. The van der Waals surface area contributed by atoms with Crippen molar-refractivity contribution in [2.24, 2.45) is 0 Å². The molecule has 2 aromatic rings. The van der Waals surface area contributed by atoms with E-state index in [1.165, 1.54) is 16.8 Å². The molecule has 0 aliphatic rings. The van der Waals surface area contributed by atoms with Crippen LogP contribution in [0.15, 0.2) is 30.5 Å². The molecule has 19 heavy (non-hydrogen) atoms. The maximum atomic E-state index is 4.55. The molecule has 3 heteroatoms. The molecule has 1 atom stereocenters. The monoisotopic (exact) mass is 257 g/mol. The predicted molar refractivity (Wildman–Crippen MR) is 79.7 cm³/mol. The highest BCUT2D eigenvalue weighted by Crippen LogP contribution is 2.21. The third kappa shape index (κ3) is 2.87. The van der Waals surface area contributed by atoms with Crippen molar-refractivity contribution in [3.63, 3.8) is 0 Å². The maximum absolute atomic E-state index is 4.55. The van der Waals surface area contributed by atoms with E-state index >= 15 is 0 Å². The summed E-state index contributed by atoms with van der Waals surface area (Å²) >= 11 is 0. The second-order valence-electron chi connectivity index (χ2n) is 5.06. The van der Waals surface area contributed by atoms with Crippen LogP contribution in [-0.4, -0.2) is 16.3 Å². The molecule has 102 valence electrons. The highest BCUT2D eigenvalue weighted by molar-refractivity contribution is 5.41. The Bertz CT molecular complexity index is 543. The highest BCUT2D eigenvalue weighted by atomic mass is 15.3. The molecule has 0 saturated carbocycles. The Kier molecular flexibility index (Phi) is 4.38. The number of nitrogens with zero attached hydrogens (tertiary/aromatic N) is 2. The van der Waals surface area contributed by atoms with Gasteiger partial charge < -0.3 is 5.32 Å². The van der Waals surface area contributed by atoms with Crippen molar-refractivity contribution in [1.29, 1.82) is 0 Å². The van der Waals surface area contributed by atoms with Gasteiger partial charge in [0.25, 0.3) is 0 Å². The van der Waals surface area contributed by atoms with Gasteiger partial charge in [0.1, 0.15) is 0 Å². The molecular weight excluding hydrogens is 234 g/mol. The molecule has 0 bridgehead atoms. The highest BCUT2D eigenvalue weighted by Gasteiger charge is 2.14. The van der Waals surface area contributed by atoms with Gasteiger partial charge in [-0.05, 0) is 45.4 Å². The molecule has 0 spiro atoms. The van der Waals surface area contributed by atoms with Crippen LogP contribution in [0.4, 0.5) is 0 Å². The Morgan fingerprint density at radius 3 is 2.68 bits per heavy atom. The summed E-state index contributed by atoms with van der Waals surface area (Å²) in [6.45, 7) is 9.68. The van der Waals surface area contributed by atoms with Crippen LogP contribution in [0.25, 0.3) is 5.69 Å². The summed E-state index contributed by atoms with van der Waals surface area (Å²) in [6, 6.07) is 8.70. The molecule has 1 heterocycles. The zero-order valence-corrected chi connectivity index (χ0v) is 12.3. The SMILES string of the molecule is CCCNC(C)c1cnn(-c2ccccc2C)c1C. The fourth-order valence-electron chi connectivity index (χ4n) is 2.36. The summed E-state index contributed by atoms with van der Waals surface area (Å²) in [5, 5.41) is 8.07. The summed E-state index contributed by atoms with van der Waals surface area (Å²) < 4.78 is 2.04. The third-order valence-electron chi connectivity index (χ3n) is 3.56. The number of aryl methyl sites for hydroxylation is 1. The fraction of sp³-hybridized carbons (Fsp3) is 0.438. The summed E-state index contributed by atoms with van der Waals surface area (Å²) in [6.07, 6.45) is 3.13. The number of aromatic nitrogens is 2. The lowest BCUT2D eigenvalue weighted by molar-refractivity contribution is 0.568. The normalized spacial score (nSPS) is 12.6. The van der Waals surface area contributed by atoms with Crippen LogP contribution in [0, 0.1) is 13.8 Å². The van der Waals surface area contributed by atoms with Gasteiger partial charge in [-0.25, -0.2) is 4.68 Å². The van der Waals surface area contributed by atoms with Crippen molar-refractivity contribution in [3.05, 3.63) is 47.3 Å². The van der Waals surface area contributed by atoms with Crippen molar-refractivity contribution in [1.82, 2.24) is 15.1 Å². The van der Waals surface area contributed by atoms with E-state index in [4.69, 9.17) is 0 Å². The largest absolute Gasteiger partial charge is 0.310 e. The third-order valence-corrected chi connectivity index (χ3v) is 3.56. The quantitative estimate of drug-likeness (QED) is 0.887. The smallest absolute Gasteiger partial charge is 0.0677 e. The first-order valence-electron chi connectivity index (χ1n) is 6.99. The van der Waals surface area contributed by atoms with Crippen molar-refractivity contribution in [3.8, 4) is 5.69 Å². The first kappa shape index (κ1) is 13.8. The van der Waals surface area contributed by atoms with Gasteiger partial charge in [0.2, 0.25) is 0 Å². The van der Waals surface area contributed by atoms with E-state index < -0.39 is 0 Å². The standard InChI is InChI=1S/C16H23N3/c1-5-10-17-13(3)15-11-18-19(14(15)4)16-9-7-6-8-12(16)2/h6-9,11,13,17H,5,10H2,1-4H3. The zero-order valence-electron chi connectivity index (χ0n) is 12.3. The van der Waals surface area contributed by atoms with Crippen molar-refractivity contribution < 1.29 is 0 Å². The number of rotatable bonds is 5. The number of benzene rings is 1. The van der Waals surface area contributed by atoms with Crippen molar-refractivity contribution in [2.45, 2.75) is 40.2 Å². The molecule has 3 nitrogen and oxygen atoms in total. The van der Waals surface area contributed by atoms with E-state index in [9.17, 15) is 0 Å². The first-order chi connectivity index (χ1) is 9.15. The predicted octanol–water partition coefficient (Wildman–Crippen LogP) is 3.55. The van der Waals surface area contributed by atoms with Crippen molar-refractivity contribution >= 4 is 0 Å². The number of hydrogen-bond acceptors (Lipinski definition) is 2. The van der Waals surface area contributed by atoms with Crippen LogP contribution in [-0.2, 0) is 0 Å². The van der Waals surface area contributed by atoms with E-state index in [-0.39, 0.29) is 0 Å². The second kappa shape index (κ2) is 6.02. The Morgan fingerprint density at radius 1 is 1.26 bits per heavy atom. The van der Waals surface area contributed by atoms with Gasteiger partial charge in [-0.1, -0.05) is 25.1 Å². The van der Waals surface area contributed by atoms with Gasteiger partial charge >= 0.3 is 0 Å². The minimum atomic E-state index is 0.345. The van der Waals surface area contributed by atoms with Gasteiger partial charge in [0.05, 0.1) is 11.9 Å². The Hall–Kier alpha value is -1.61. The van der Waals surface area contributed by atoms with Crippen LogP contribution in [0.5, 0.6) is 0 Å². The van der Waals surface area contributed by atoms with E-state index in [0.717, 1.165) is 18.7 Å². The lowest BCUT2D eigenvalue weighted by Crippen LogP contribution is -2.19. The Morgan fingerprint density at radius 2 is 2.00 bits per heavy atom. The maximum Gasteiger partial charge on any atom is 0.0677 e. The summed E-state index contributed by atoms with van der Waals surface area (Å²) in [4.78, 5) is 0. The van der Waals surface area contributed by atoms with E-state index in [1.54, 1.807) is 0 Å². The lowest BCUT2D eigenvalue weighted by Gasteiger charge is -2.14. The van der Waals surface area contributed by atoms with Gasteiger partial charge in [-0.2, -0.15) is 5.10 Å². The molecule has 1 aromatic heterocycles. The van der Waals surface area contributed by atoms with Gasteiger partial charge in [-0.15, -0.1) is 0 Å². The Balaban J connectivity index is 2.31. The topological polar surface area (TPSA) is 29.9 Å². The van der Waals surface area contributed by atoms with Gasteiger partial charge in [0, 0.05) is 17.3 Å². The molecule has 0 amide bonds. The molecule has 0 saturated heterocycles. The molecule has 1 N–H and O–H groups in total. The van der Waals surface area contributed by atoms with Crippen LogP contribution >= 0.6 is 0 Å². The first-order valence-corrected chi connectivity index (χ1v) is 6.99. The summed E-state index contributed by atoms with van der Waals surface area (Å²) in [7, 11) is 0. The molecule has 2 rings (SSSR count). The lowest BCUT2D eigenvalue weighted by atomic mass is 10.1. The van der Waals surface area contributed by atoms with Crippen LogP contribution in [0.3, 0.4) is 0 Å². The summed E-state index contributed by atoms with van der Waals surface area (Å²) in [5.74, 6) is 0. The second-order valence-corrected chi connectivity index (χ2v) is 5.06. The van der Waals surface area contributed by atoms with Crippen LogP contribution in [0.1, 0.15) is 43.1 Å². The molecule has 0 fully saturated rings. The Labute approximate surface area is 115 Å². The minimum Gasteiger partial charge on any atom is -0.310 e. The van der Waals surface area contributed by atoms with E-state index in [2.05, 4.69) is 62.4 Å². The molecule has 1 aromatic carbocycles. The molecule has 0 aliphatic carbocycles. The minimum absolute atomic E-state index is 0.345. The van der Waals surface area contributed by atoms with Crippen LogP contribution < -0.4 is 5.32 Å². The van der Waals surface area contributed by atoms with E-state index in [1.807, 2.05) is 10.9 Å². The van der Waals surface area contributed by atoms with Crippen molar-refractivity contribution in [2.75, 3.05) is 6.54 Å². The summed E-state index contributed by atoms with van der Waals surface area (Å²) in [5.41, 5.74) is 4.89. The molecule has 1 unspecified atom stereocenters. The number of nitrogens with one attached hydrogen (secondary N) is 1. The fourth-order valence-corrected chi connectivity index (χ4v) is 2.36. The molecule has 0 aliphatic heterocycles. The molecule has 0 radical (unpaired) electrons. The molecular formula is C16H23N3. The van der Waals surface area contributed by atoms with Gasteiger partial charge in [0.15, 0.2) is 0 Å². The van der Waals surface area contributed by atoms with E-state index in [0.29, 0.717) is 6.04 Å². The number of para-hydroxylation sites is 1.